The number of amides is 3. The molecular formula is C34H50N4O4. The van der Waals surface area contributed by atoms with Crippen molar-refractivity contribution in [3.05, 3.63) is 42.0 Å². The number of anilines is 1. The van der Waals surface area contributed by atoms with Gasteiger partial charge in [-0.05, 0) is 61.9 Å². The number of carbonyl (C=O) groups is 3. The third-order valence-electron chi connectivity index (χ3n) is 10.4. The second-order valence-corrected chi connectivity index (χ2v) is 13.5. The average Bonchev–Trinajstić information content (AvgIpc) is 3.60. The van der Waals surface area contributed by atoms with Crippen LogP contribution >= 0.6 is 0 Å². The first-order chi connectivity index (χ1) is 20.1. The number of nitrogens with one attached hydrogen (secondary N) is 2. The zero-order chi connectivity index (χ0) is 30.2. The Morgan fingerprint density at radius 2 is 1.86 bits per heavy atom. The fraction of sp³-hybridized carbons (Fsp3) is 0.676. The summed E-state index contributed by atoms with van der Waals surface area (Å²) in [6, 6.07) is 7.11. The van der Waals surface area contributed by atoms with E-state index in [0.717, 1.165) is 32.2 Å². The van der Waals surface area contributed by atoms with Crippen molar-refractivity contribution < 1.29 is 19.1 Å². The summed E-state index contributed by atoms with van der Waals surface area (Å²) in [5, 5.41) is 6.38. The number of unbranched alkanes of at least 4 members (excludes halogenated alkanes) is 1. The van der Waals surface area contributed by atoms with E-state index >= 15 is 0 Å². The van der Waals surface area contributed by atoms with Crippen LogP contribution in [0.25, 0.3) is 0 Å². The van der Waals surface area contributed by atoms with Crippen LogP contribution in [-0.2, 0) is 19.1 Å². The van der Waals surface area contributed by atoms with Gasteiger partial charge in [-0.3, -0.25) is 14.4 Å². The Labute approximate surface area is 251 Å². The number of ether oxygens (including phenoxy) is 1. The van der Waals surface area contributed by atoms with Crippen molar-refractivity contribution in [1.29, 1.82) is 0 Å². The number of likely N-dealkylation sites (tertiary alicyclic amines) is 1. The largest absolute Gasteiger partial charge is 0.359 e. The van der Waals surface area contributed by atoms with E-state index in [1.807, 2.05) is 36.4 Å². The number of nitrogens with zero attached hydrogens (tertiary/aromatic N) is 2. The minimum absolute atomic E-state index is 0.0661. The van der Waals surface area contributed by atoms with Gasteiger partial charge in [0.2, 0.25) is 17.7 Å². The van der Waals surface area contributed by atoms with Gasteiger partial charge in [-0.15, -0.1) is 0 Å². The van der Waals surface area contributed by atoms with Crippen LogP contribution in [0.2, 0.25) is 0 Å². The van der Waals surface area contributed by atoms with Crippen LogP contribution in [0.4, 0.5) is 5.69 Å². The van der Waals surface area contributed by atoms with Crippen molar-refractivity contribution in [2.75, 3.05) is 32.0 Å². The van der Waals surface area contributed by atoms with Crippen molar-refractivity contribution in [2.24, 2.45) is 23.7 Å². The maximum atomic E-state index is 14.2. The lowest BCUT2D eigenvalue weighted by molar-refractivity contribution is -0.141. The Kier molecular flexibility index (Phi) is 9.14. The first kappa shape index (κ1) is 30.7. The lowest BCUT2D eigenvalue weighted by Gasteiger charge is -2.38. The maximum Gasteiger partial charge on any atom is 0.246 e. The monoisotopic (exact) mass is 578 g/mol. The normalized spacial score (nSPS) is 33.5. The van der Waals surface area contributed by atoms with Crippen LogP contribution in [0.5, 0.6) is 0 Å². The van der Waals surface area contributed by atoms with E-state index in [2.05, 4.69) is 57.2 Å². The molecule has 2 saturated heterocycles. The van der Waals surface area contributed by atoms with Gasteiger partial charge in [-0.2, -0.15) is 0 Å². The van der Waals surface area contributed by atoms with Crippen LogP contribution in [0.15, 0.2) is 36.4 Å². The molecule has 8 heteroatoms. The van der Waals surface area contributed by atoms with Gasteiger partial charge in [0.05, 0.1) is 17.9 Å². The van der Waals surface area contributed by atoms with Crippen LogP contribution in [0.1, 0.15) is 78.2 Å². The highest BCUT2D eigenvalue weighted by atomic mass is 16.5. The predicted octanol–water partition coefficient (Wildman–Crippen LogP) is 4.57. The molecule has 8 unspecified atom stereocenters. The molecular weight excluding hydrogens is 528 g/mol. The summed E-state index contributed by atoms with van der Waals surface area (Å²) in [7, 11) is 2.05. The summed E-state index contributed by atoms with van der Waals surface area (Å²) in [4.78, 5) is 46.1. The molecule has 8 nitrogen and oxygen atoms in total. The van der Waals surface area contributed by atoms with Crippen LogP contribution in [-0.4, -0.2) is 78.0 Å². The summed E-state index contributed by atoms with van der Waals surface area (Å²) < 4.78 is 6.54. The maximum absolute atomic E-state index is 14.2. The van der Waals surface area contributed by atoms with Crippen molar-refractivity contribution in [2.45, 2.75) is 96.4 Å². The second-order valence-electron chi connectivity index (χ2n) is 13.5. The number of benzene rings is 1. The molecule has 3 fully saturated rings. The molecule has 8 atom stereocenters. The minimum Gasteiger partial charge on any atom is -0.359 e. The molecule has 230 valence electrons. The molecule has 1 aromatic rings. The minimum atomic E-state index is -1.14. The lowest BCUT2D eigenvalue weighted by atomic mass is 9.73. The van der Waals surface area contributed by atoms with Crippen LogP contribution in [0.3, 0.4) is 0 Å². The van der Waals surface area contributed by atoms with Crippen LogP contribution in [0, 0.1) is 23.7 Å². The number of hydrogen-bond donors (Lipinski definition) is 2. The molecule has 2 N–H and O–H groups in total. The molecule has 1 aliphatic carbocycles. The number of rotatable bonds is 11. The van der Waals surface area contributed by atoms with Gasteiger partial charge in [-0.25, -0.2) is 0 Å². The fourth-order valence-electron chi connectivity index (χ4n) is 7.55. The SMILES string of the molecule is CCCCN(C)CCN1C(=O)C2C(C(=O)Nc3ccc(C(C)C)cc3)C3C=CC2(O3)C1C(=O)NC1CCCC(C)C1C. The number of likely N-dealkylation sites (N-methyl/N-ethyl adjacent to an activating group) is 1. The Morgan fingerprint density at radius 1 is 1.12 bits per heavy atom. The number of fused-ring (bicyclic) bond motifs is 1. The molecule has 1 saturated carbocycles. The molecule has 42 heavy (non-hydrogen) atoms. The standard InChI is InChI=1S/C34H50N4O4/c1-7-8-18-37(6)19-20-38-30(32(40)36-26-11-9-10-22(4)23(26)5)34-17-16-27(42-34)28(29(34)33(38)41)31(39)35-25-14-12-24(13-15-25)21(2)3/h12-17,21-23,26-30H,7-11,18-20H2,1-6H3,(H,35,39)(H,36,40). The van der Waals surface area contributed by atoms with Gasteiger partial charge in [0.1, 0.15) is 11.6 Å². The van der Waals surface area contributed by atoms with Gasteiger partial charge in [0.25, 0.3) is 0 Å². The Hall–Kier alpha value is -2.71. The Balaban J connectivity index is 1.40. The molecule has 1 aromatic carbocycles. The van der Waals surface area contributed by atoms with E-state index in [-0.39, 0.29) is 23.8 Å². The summed E-state index contributed by atoms with van der Waals surface area (Å²) in [6.45, 7) is 12.9. The quantitative estimate of drug-likeness (QED) is 0.376. The van der Waals surface area contributed by atoms with Gasteiger partial charge in [0, 0.05) is 24.8 Å². The van der Waals surface area contributed by atoms with E-state index in [4.69, 9.17) is 4.74 Å². The highest BCUT2D eigenvalue weighted by molar-refractivity contribution is 6.02. The topological polar surface area (TPSA) is 91.0 Å². The average molecular weight is 579 g/mol. The van der Waals surface area contributed by atoms with Gasteiger partial charge in [-0.1, -0.05) is 78.2 Å². The smallest absolute Gasteiger partial charge is 0.246 e. The molecule has 3 aliphatic heterocycles. The Morgan fingerprint density at radius 3 is 2.55 bits per heavy atom. The van der Waals surface area contributed by atoms with Crippen molar-refractivity contribution in [3.63, 3.8) is 0 Å². The van der Waals surface area contributed by atoms with E-state index in [0.29, 0.717) is 36.5 Å². The van der Waals surface area contributed by atoms with Gasteiger partial charge < -0.3 is 25.2 Å². The van der Waals surface area contributed by atoms with Crippen molar-refractivity contribution in [1.82, 2.24) is 15.1 Å². The lowest BCUT2D eigenvalue weighted by Crippen LogP contribution is -2.58. The highest BCUT2D eigenvalue weighted by Gasteiger charge is 2.72. The van der Waals surface area contributed by atoms with E-state index in [9.17, 15) is 14.4 Å². The zero-order valence-corrected chi connectivity index (χ0v) is 26.3. The third kappa shape index (κ3) is 5.64. The molecule has 1 spiro atoms. The highest BCUT2D eigenvalue weighted by Crippen LogP contribution is 2.55. The van der Waals surface area contributed by atoms with Crippen LogP contribution < -0.4 is 10.6 Å². The summed E-state index contributed by atoms with van der Waals surface area (Å²) in [5.74, 6) is -0.707. The van der Waals surface area contributed by atoms with Crippen molar-refractivity contribution in [3.8, 4) is 0 Å². The van der Waals surface area contributed by atoms with Crippen molar-refractivity contribution >= 4 is 23.4 Å². The van der Waals surface area contributed by atoms with E-state index in [1.165, 1.54) is 12.0 Å². The van der Waals surface area contributed by atoms with Gasteiger partial charge >= 0.3 is 0 Å². The number of carbonyl (C=O) groups excluding carboxylic acids is 3. The molecule has 3 heterocycles. The first-order valence-electron chi connectivity index (χ1n) is 16.1. The fourth-order valence-corrected chi connectivity index (χ4v) is 7.55. The molecule has 0 aromatic heterocycles. The van der Waals surface area contributed by atoms with E-state index in [1.54, 1.807) is 4.90 Å². The summed E-state index contributed by atoms with van der Waals surface area (Å²) in [5.41, 5.74) is 0.750. The molecule has 3 amide bonds. The summed E-state index contributed by atoms with van der Waals surface area (Å²) >= 11 is 0. The Bertz CT molecular complexity index is 1180. The van der Waals surface area contributed by atoms with E-state index < -0.39 is 29.6 Å². The summed E-state index contributed by atoms with van der Waals surface area (Å²) in [6.07, 6.45) is 8.62. The molecule has 5 rings (SSSR count). The van der Waals surface area contributed by atoms with Gasteiger partial charge in [0.15, 0.2) is 0 Å². The predicted molar refractivity (Wildman–Crippen MR) is 165 cm³/mol. The second kappa shape index (κ2) is 12.5. The third-order valence-corrected chi connectivity index (χ3v) is 10.4. The molecule has 2 bridgehead atoms. The zero-order valence-electron chi connectivity index (χ0n) is 26.3. The molecule has 4 aliphatic rings. The number of hydrogen-bond acceptors (Lipinski definition) is 5. The first-order valence-corrected chi connectivity index (χ1v) is 16.1. The molecule has 0 radical (unpaired) electrons.